The molecule has 1 heterocycles. The lowest BCUT2D eigenvalue weighted by Gasteiger charge is -2.35. The molecule has 2 N–H and O–H groups in total. The van der Waals surface area contributed by atoms with Crippen LogP contribution in [0.5, 0.6) is 5.75 Å². The molecule has 0 radical (unpaired) electrons. The Labute approximate surface area is 132 Å². The van der Waals surface area contributed by atoms with E-state index < -0.39 is 17.9 Å². The Morgan fingerprint density at radius 1 is 1.26 bits per heavy atom. The van der Waals surface area contributed by atoms with Crippen LogP contribution >= 0.6 is 0 Å². The monoisotopic (exact) mass is 336 g/mol. The van der Waals surface area contributed by atoms with Gasteiger partial charge in [-0.05, 0) is 30.5 Å². The summed E-state index contributed by atoms with van der Waals surface area (Å²) in [5.74, 6) is -1.87. The minimum absolute atomic E-state index is 0.0142. The van der Waals surface area contributed by atoms with Gasteiger partial charge in [0.15, 0.2) is 11.6 Å². The molecule has 0 bridgehead atoms. The van der Waals surface area contributed by atoms with Gasteiger partial charge in [0.25, 0.3) is 0 Å². The van der Waals surface area contributed by atoms with Gasteiger partial charge in [0.2, 0.25) is 0 Å². The average molecular weight is 336 g/mol. The molecule has 0 saturated carbocycles. The number of halogens is 4. The van der Waals surface area contributed by atoms with Gasteiger partial charge in [-0.1, -0.05) is 6.07 Å². The molecule has 4 nitrogen and oxygen atoms in total. The molecule has 0 aromatic heterocycles. The van der Waals surface area contributed by atoms with Gasteiger partial charge >= 0.3 is 6.36 Å². The quantitative estimate of drug-likeness (QED) is 0.784. The van der Waals surface area contributed by atoms with Gasteiger partial charge in [-0.25, -0.2) is 4.39 Å². The third-order valence-electron chi connectivity index (χ3n) is 3.79. The first-order chi connectivity index (χ1) is 10.9. The van der Waals surface area contributed by atoms with E-state index in [9.17, 15) is 17.6 Å². The minimum atomic E-state index is -4.92. The van der Waals surface area contributed by atoms with E-state index in [2.05, 4.69) is 15.0 Å². The number of nitrogens with zero attached hydrogens (tertiary/aromatic N) is 1. The summed E-state index contributed by atoms with van der Waals surface area (Å²) in [6, 6.07) is 3.41. The smallest absolute Gasteiger partial charge is 0.403 e. The van der Waals surface area contributed by atoms with Crippen molar-refractivity contribution in [2.75, 3.05) is 32.8 Å². The van der Waals surface area contributed by atoms with Gasteiger partial charge in [0.05, 0.1) is 0 Å². The molecule has 1 aromatic rings. The van der Waals surface area contributed by atoms with Crippen LogP contribution in [0.3, 0.4) is 0 Å². The fraction of sp³-hybridized carbons (Fsp3) is 0.600. The molecule has 1 atom stereocenters. The zero-order chi connectivity index (χ0) is 16.9. The lowest BCUT2D eigenvalue weighted by Crippen LogP contribution is -2.45. The summed E-state index contributed by atoms with van der Waals surface area (Å²) in [5.41, 5.74) is 0.590. The molecule has 1 fully saturated rings. The molecule has 1 saturated heterocycles. The second kappa shape index (κ2) is 7.94. The van der Waals surface area contributed by atoms with E-state index >= 15 is 0 Å². The number of aliphatic hydroxyl groups excluding tert-OH is 1. The SMILES string of the molecule is OCCC[C@@H](c1ccc(OC(F)(F)F)c(F)c1)N1CCNCC1. The fourth-order valence-electron chi connectivity index (χ4n) is 2.77. The van der Waals surface area contributed by atoms with E-state index in [-0.39, 0.29) is 12.6 Å². The van der Waals surface area contributed by atoms with Crippen LogP contribution in [-0.4, -0.2) is 49.2 Å². The highest BCUT2D eigenvalue weighted by molar-refractivity contribution is 5.31. The first-order valence-electron chi connectivity index (χ1n) is 7.51. The van der Waals surface area contributed by atoms with Crippen molar-refractivity contribution in [1.82, 2.24) is 10.2 Å². The van der Waals surface area contributed by atoms with E-state index in [0.717, 1.165) is 38.3 Å². The topological polar surface area (TPSA) is 44.7 Å². The van der Waals surface area contributed by atoms with Crippen LogP contribution in [0, 0.1) is 5.82 Å². The zero-order valence-corrected chi connectivity index (χ0v) is 12.6. The molecule has 0 aliphatic carbocycles. The molecule has 8 heteroatoms. The first kappa shape index (κ1) is 18.0. The highest BCUT2D eigenvalue weighted by Gasteiger charge is 2.32. The summed E-state index contributed by atoms with van der Waals surface area (Å²) in [6.07, 6.45) is -3.77. The number of nitrogens with one attached hydrogen (secondary N) is 1. The van der Waals surface area contributed by atoms with Gasteiger partial charge in [-0.2, -0.15) is 0 Å². The van der Waals surface area contributed by atoms with Crippen LogP contribution in [0.2, 0.25) is 0 Å². The molecule has 130 valence electrons. The number of hydrogen-bond acceptors (Lipinski definition) is 4. The number of alkyl halides is 3. The minimum Gasteiger partial charge on any atom is -0.403 e. The van der Waals surface area contributed by atoms with Crippen molar-refractivity contribution in [3.05, 3.63) is 29.6 Å². The standard InChI is InChI=1S/C15H20F4N2O2/c16-12-10-11(3-4-14(12)23-15(17,18)19)13(2-1-9-22)21-7-5-20-6-8-21/h3-4,10,13,20,22H,1-2,5-9H2/t13-/m0/s1. The molecule has 1 aromatic carbocycles. The molecule has 0 unspecified atom stereocenters. The first-order valence-corrected chi connectivity index (χ1v) is 7.51. The van der Waals surface area contributed by atoms with E-state index in [0.29, 0.717) is 18.4 Å². The number of piperazine rings is 1. The Kier molecular flexibility index (Phi) is 6.20. The zero-order valence-electron chi connectivity index (χ0n) is 12.6. The van der Waals surface area contributed by atoms with Crippen LogP contribution in [0.4, 0.5) is 17.6 Å². The van der Waals surface area contributed by atoms with E-state index in [1.165, 1.54) is 6.07 Å². The summed E-state index contributed by atoms with van der Waals surface area (Å²) in [7, 11) is 0. The van der Waals surface area contributed by atoms with Crippen LogP contribution in [0.15, 0.2) is 18.2 Å². The highest BCUT2D eigenvalue weighted by atomic mass is 19.4. The van der Waals surface area contributed by atoms with Gasteiger partial charge in [-0.3, -0.25) is 4.90 Å². The van der Waals surface area contributed by atoms with Gasteiger partial charge < -0.3 is 15.2 Å². The van der Waals surface area contributed by atoms with Gasteiger partial charge in [0.1, 0.15) is 0 Å². The fourth-order valence-corrected chi connectivity index (χ4v) is 2.77. The predicted octanol–water partition coefficient (Wildman–Crippen LogP) is 2.44. The summed E-state index contributed by atoms with van der Waals surface area (Å²) in [4.78, 5) is 2.14. The van der Waals surface area contributed by atoms with Crippen molar-refractivity contribution >= 4 is 0 Å². The largest absolute Gasteiger partial charge is 0.573 e. The summed E-state index contributed by atoms with van der Waals surface area (Å²) in [5, 5.41) is 12.3. The summed E-state index contributed by atoms with van der Waals surface area (Å²) < 4.78 is 54.2. The Balaban J connectivity index is 2.18. The number of hydrogen-bond donors (Lipinski definition) is 2. The van der Waals surface area contributed by atoms with Crippen molar-refractivity contribution in [3.63, 3.8) is 0 Å². The maximum absolute atomic E-state index is 13.9. The van der Waals surface area contributed by atoms with Gasteiger partial charge in [-0.15, -0.1) is 13.2 Å². The lowest BCUT2D eigenvalue weighted by atomic mass is 9.99. The normalized spacial score (nSPS) is 18.0. The average Bonchev–Trinajstić information content (AvgIpc) is 2.50. The molecule has 2 rings (SSSR count). The maximum Gasteiger partial charge on any atom is 0.573 e. The molecule has 1 aliphatic heterocycles. The second-order valence-electron chi connectivity index (χ2n) is 5.41. The van der Waals surface area contributed by atoms with Crippen molar-refractivity contribution in [2.24, 2.45) is 0 Å². The number of rotatable bonds is 6. The van der Waals surface area contributed by atoms with Crippen molar-refractivity contribution in [2.45, 2.75) is 25.2 Å². The molecule has 0 spiro atoms. The predicted molar refractivity (Wildman–Crippen MR) is 76.6 cm³/mol. The van der Waals surface area contributed by atoms with Crippen LogP contribution < -0.4 is 10.1 Å². The number of aliphatic hydroxyl groups is 1. The molecule has 23 heavy (non-hydrogen) atoms. The third kappa shape index (κ3) is 5.33. The van der Waals surface area contributed by atoms with Crippen molar-refractivity contribution in [1.29, 1.82) is 0 Å². The van der Waals surface area contributed by atoms with Crippen molar-refractivity contribution in [3.8, 4) is 5.75 Å². The third-order valence-corrected chi connectivity index (χ3v) is 3.79. The van der Waals surface area contributed by atoms with Crippen LogP contribution in [-0.2, 0) is 0 Å². The van der Waals surface area contributed by atoms with Gasteiger partial charge in [0, 0.05) is 38.8 Å². The maximum atomic E-state index is 13.9. The Bertz CT molecular complexity index is 505. The molecular weight excluding hydrogens is 316 g/mol. The molecular formula is C15H20F4N2O2. The van der Waals surface area contributed by atoms with E-state index in [4.69, 9.17) is 5.11 Å². The van der Waals surface area contributed by atoms with E-state index in [1.54, 1.807) is 0 Å². The Hall–Kier alpha value is -1.38. The lowest BCUT2D eigenvalue weighted by molar-refractivity contribution is -0.275. The summed E-state index contributed by atoms with van der Waals surface area (Å²) in [6.45, 7) is 3.14. The van der Waals surface area contributed by atoms with Crippen LogP contribution in [0.1, 0.15) is 24.4 Å². The number of ether oxygens (including phenoxy) is 1. The summed E-state index contributed by atoms with van der Waals surface area (Å²) >= 11 is 0. The number of benzene rings is 1. The van der Waals surface area contributed by atoms with Crippen LogP contribution in [0.25, 0.3) is 0 Å². The van der Waals surface area contributed by atoms with Crippen molar-refractivity contribution < 1.29 is 27.4 Å². The molecule has 1 aliphatic rings. The second-order valence-corrected chi connectivity index (χ2v) is 5.41. The molecule has 0 amide bonds. The van der Waals surface area contributed by atoms with E-state index in [1.807, 2.05) is 0 Å². The Morgan fingerprint density at radius 2 is 1.96 bits per heavy atom. The highest BCUT2D eigenvalue weighted by Crippen LogP contribution is 2.31. The Morgan fingerprint density at radius 3 is 2.52 bits per heavy atom.